The average molecular weight is 420 g/mol. The summed E-state index contributed by atoms with van der Waals surface area (Å²) in [5, 5.41) is 6.10. The zero-order valence-corrected chi connectivity index (χ0v) is 18.1. The van der Waals surface area contributed by atoms with E-state index < -0.39 is 0 Å². The summed E-state index contributed by atoms with van der Waals surface area (Å²) in [6, 6.07) is 4.27. The van der Waals surface area contributed by atoms with Gasteiger partial charge in [0.25, 0.3) is 0 Å². The number of hydrogen-bond donors (Lipinski definition) is 1. The molecule has 152 valence electrons. The third-order valence-electron chi connectivity index (χ3n) is 5.72. The van der Waals surface area contributed by atoms with Crippen LogP contribution in [0, 0.1) is 12.8 Å². The van der Waals surface area contributed by atoms with E-state index >= 15 is 0 Å². The highest BCUT2D eigenvalue weighted by molar-refractivity contribution is 8.01. The Labute approximate surface area is 175 Å². The van der Waals surface area contributed by atoms with Gasteiger partial charge in [0.15, 0.2) is 0 Å². The van der Waals surface area contributed by atoms with Crippen molar-refractivity contribution in [3.05, 3.63) is 35.2 Å². The quantitative estimate of drug-likeness (QED) is 0.748. The van der Waals surface area contributed by atoms with Crippen LogP contribution < -0.4 is 5.32 Å². The zero-order chi connectivity index (χ0) is 19.3. The Bertz CT molecular complexity index is 754. The molecule has 1 aliphatic carbocycles. The molecule has 2 aliphatic rings. The number of furan rings is 1. The SMILES string of the molecule is Cc1csc(SC2CCC(NC(=O)C3CCCN(Cc4ccco4)C3)CC2)n1. The van der Waals surface area contributed by atoms with E-state index in [4.69, 9.17) is 4.42 Å². The average Bonchev–Trinajstić information content (AvgIpc) is 3.35. The van der Waals surface area contributed by atoms with Crippen molar-refractivity contribution >= 4 is 29.0 Å². The molecule has 1 saturated heterocycles. The number of carbonyl (C=O) groups is 1. The molecule has 0 aromatic carbocycles. The largest absolute Gasteiger partial charge is 0.468 e. The number of piperidine rings is 1. The lowest BCUT2D eigenvalue weighted by Crippen LogP contribution is -2.46. The molecule has 28 heavy (non-hydrogen) atoms. The molecule has 0 radical (unpaired) electrons. The van der Waals surface area contributed by atoms with Gasteiger partial charge < -0.3 is 9.73 Å². The molecule has 7 heteroatoms. The van der Waals surface area contributed by atoms with Gasteiger partial charge in [0.2, 0.25) is 5.91 Å². The van der Waals surface area contributed by atoms with Crippen LogP contribution in [0.1, 0.15) is 50.0 Å². The summed E-state index contributed by atoms with van der Waals surface area (Å²) in [6.07, 6.45) is 8.26. The van der Waals surface area contributed by atoms with Crippen molar-refractivity contribution in [3.8, 4) is 0 Å². The van der Waals surface area contributed by atoms with Gasteiger partial charge in [-0.2, -0.15) is 0 Å². The van der Waals surface area contributed by atoms with Crippen LogP contribution in [0.5, 0.6) is 0 Å². The van der Waals surface area contributed by atoms with Crippen LogP contribution in [0.3, 0.4) is 0 Å². The van der Waals surface area contributed by atoms with E-state index in [0.717, 1.165) is 69.6 Å². The Balaban J connectivity index is 1.20. The second-order valence-corrected chi connectivity index (χ2v) is 10.4. The van der Waals surface area contributed by atoms with E-state index in [1.807, 2.05) is 30.8 Å². The zero-order valence-electron chi connectivity index (χ0n) is 16.4. The molecule has 4 rings (SSSR count). The van der Waals surface area contributed by atoms with Crippen LogP contribution in [-0.2, 0) is 11.3 Å². The van der Waals surface area contributed by atoms with Gasteiger partial charge in [-0.15, -0.1) is 11.3 Å². The second-order valence-electron chi connectivity index (χ2n) is 8.01. The van der Waals surface area contributed by atoms with Gasteiger partial charge in [0.1, 0.15) is 10.1 Å². The molecule has 2 aromatic rings. The van der Waals surface area contributed by atoms with Gasteiger partial charge in [-0.1, -0.05) is 11.8 Å². The Morgan fingerprint density at radius 1 is 1.36 bits per heavy atom. The van der Waals surface area contributed by atoms with Crippen LogP contribution in [0.25, 0.3) is 0 Å². The topological polar surface area (TPSA) is 58.4 Å². The molecule has 0 bridgehead atoms. The van der Waals surface area contributed by atoms with Gasteiger partial charge in [0, 0.05) is 28.9 Å². The number of likely N-dealkylation sites (tertiary alicyclic amines) is 1. The summed E-state index contributed by atoms with van der Waals surface area (Å²) in [4.78, 5) is 19.7. The van der Waals surface area contributed by atoms with Crippen molar-refractivity contribution in [3.63, 3.8) is 0 Å². The highest BCUT2D eigenvalue weighted by Gasteiger charge is 2.29. The fourth-order valence-corrected chi connectivity index (χ4v) is 6.49. The maximum Gasteiger partial charge on any atom is 0.224 e. The molecule has 1 atom stereocenters. The molecule has 1 amide bonds. The van der Waals surface area contributed by atoms with Crippen molar-refractivity contribution < 1.29 is 9.21 Å². The summed E-state index contributed by atoms with van der Waals surface area (Å²) in [7, 11) is 0. The van der Waals surface area contributed by atoms with Crippen LogP contribution in [0.15, 0.2) is 32.5 Å². The minimum Gasteiger partial charge on any atom is -0.468 e. The van der Waals surface area contributed by atoms with Crippen molar-refractivity contribution in [2.24, 2.45) is 5.92 Å². The smallest absolute Gasteiger partial charge is 0.224 e. The van der Waals surface area contributed by atoms with Crippen molar-refractivity contribution in [2.75, 3.05) is 13.1 Å². The number of carbonyl (C=O) groups excluding carboxylic acids is 1. The van der Waals surface area contributed by atoms with Gasteiger partial charge in [-0.3, -0.25) is 9.69 Å². The maximum atomic E-state index is 12.8. The summed E-state index contributed by atoms with van der Waals surface area (Å²) in [5.74, 6) is 1.33. The highest BCUT2D eigenvalue weighted by Crippen LogP contribution is 2.35. The predicted molar refractivity (Wildman–Crippen MR) is 114 cm³/mol. The third-order valence-corrected chi connectivity index (χ3v) is 8.15. The number of thiazole rings is 1. The molecule has 5 nitrogen and oxygen atoms in total. The summed E-state index contributed by atoms with van der Waals surface area (Å²) < 4.78 is 6.64. The Morgan fingerprint density at radius 3 is 2.93 bits per heavy atom. The molecule has 3 heterocycles. The number of aromatic nitrogens is 1. The Kier molecular flexibility index (Phi) is 6.75. The lowest BCUT2D eigenvalue weighted by Gasteiger charge is -2.33. The van der Waals surface area contributed by atoms with E-state index in [2.05, 4.69) is 20.6 Å². The number of amides is 1. The van der Waals surface area contributed by atoms with E-state index in [0.29, 0.717) is 11.3 Å². The maximum absolute atomic E-state index is 12.8. The summed E-state index contributed by atoms with van der Waals surface area (Å²) in [6.45, 7) is 4.73. The monoisotopic (exact) mass is 419 g/mol. The summed E-state index contributed by atoms with van der Waals surface area (Å²) >= 11 is 3.66. The standard InChI is InChI=1S/C21H29N3O2S2/c1-15-14-27-21(22-15)28-19-8-6-17(7-9-19)23-20(25)16-4-2-10-24(12-16)13-18-5-3-11-26-18/h3,5,11,14,16-17,19H,2,4,6-10,12-13H2,1H3,(H,23,25). The fourth-order valence-electron chi connectivity index (χ4n) is 4.21. The molecular formula is C21H29N3O2S2. The number of nitrogens with zero attached hydrogens (tertiary/aromatic N) is 2. The molecule has 2 aromatic heterocycles. The van der Waals surface area contributed by atoms with E-state index in [1.165, 1.54) is 4.34 Å². The molecule has 0 spiro atoms. The number of aryl methyl sites for hydroxylation is 1. The van der Waals surface area contributed by atoms with Gasteiger partial charge in [-0.05, 0) is 64.1 Å². The minimum absolute atomic E-state index is 0.106. The number of hydrogen-bond acceptors (Lipinski definition) is 6. The first kappa shape index (κ1) is 20.0. The Morgan fingerprint density at radius 2 is 2.21 bits per heavy atom. The normalized spacial score (nSPS) is 26.2. The molecular weight excluding hydrogens is 390 g/mol. The second kappa shape index (κ2) is 9.46. The molecule has 2 fully saturated rings. The third kappa shape index (κ3) is 5.39. The lowest BCUT2D eigenvalue weighted by atomic mass is 9.92. The Hall–Kier alpha value is -1.31. The molecule has 1 saturated carbocycles. The molecule has 1 N–H and O–H groups in total. The van der Waals surface area contributed by atoms with Crippen molar-refractivity contribution in [1.82, 2.24) is 15.2 Å². The number of nitrogens with one attached hydrogen (secondary N) is 1. The van der Waals surface area contributed by atoms with Gasteiger partial charge in [0.05, 0.1) is 18.7 Å². The molecule has 1 aliphatic heterocycles. The van der Waals surface area contributed by atoms with Crippen molar-refractivity contribution in [2.45, 2.75) is 67.6 Å². The minimum atomic E-state index is 0.106. The van der Waals surface area contributed by atoms with E-state index in [1.54, 1.807) is 17.6 Å². The van der Waals surface area contributed by atoms with E-state index in [9.17, 15) is 4.79 Å². The fraction of sp³-hybridized carbons (Fsp3) is 0.619. The van der Waals surface area contributed by atoms with Gasteiger partial charge in [-0.25, -0.2) is 4.98 Å². The van der Waals surface area contributed by atoms with Crippen LogP contribution in [-0.4, -0.2) is 40.2 Å². The highest BCUT2D eigenvalue weighted by atomic mass is 32.2. The molecule has 1 unspecified atom stereocenters. The van der Waals surface area contributed by atoms with Crippen LogP contribution in [0.4, 0.5) is 0 Å². The number of rotatable bonds is 6. The van der Waals surface area contributed by atoms with Crippen LogP contribution in [0.2, 0.25) is 0 Å². The summed E-state index contributed by atoms with van der Waals surface area (Å²) in [5.41, 5.74) is 1.11. The van der Waals surface area contributed by atoms with Crippen LogP contribution >= 0.6 is 23.1 Å². The first-order chi connectivity index (χ1) is 13.7. The predicted octanol–water partition coefficient (Wildman–Crippen LogP) is 4.48. The first-order valence-electron chi connectivity index (χ1n) is 10.3. The number of thioether (sulfide) groups is 1. The van der Waals surface area contributed by atoms with E-state index in [-0.39, 0.29) is 11.8 Å². The first-order valence-corrected chi connectivity index (χ1v) is 12.1. The van der Waals surface area contributed by atoms with Crippen molar-refractivity contribution in [1.29, 1.82) is 0 Å². The lowest BCUT2D eigenvalue weighted by molar-refractivity contribution is -0.127. The van der Waals surface area contributed by atoms with Gasteiger partial charge >= 0.3 is 0 Å².